The van der Waals surface area contributed by atoms with Crippen LogP contribution in [0.3, 0.4) is 0 Å². The molecule has 0 aromatic carbocycles. The van der Waals surface area contributed by atoms with Gasteiger partial charge in [0.15, 0.2) is 0 Å². The molecule has 0 bridgehead atoms. The smallest absolute Gasteiger partial charge is 0.209 e. The van der Waals surface area contributed by atoms with Gasteiger partial charge in [0.2, 0.25) is 12.6 Å². The van der Waals surface area contributed by atoms with Crippen LogP contribution >= 0.6 is 0 Å². The van der Waals surface area contributed by atoms with E-state index in [4.69, 9.17) is 19.7 Å². The summed E-state index contributed by atoms with van der Waals surface area (Å²) in [5, 5.41) is 17.2. The van der Waals surface area contributed by atoms with Crippen LogP contribution in [-0.4, -0.2) is 36.0 Å². The molecule has 0 saturated carbocycles. The normalized spacial score (nSPS) is 11.4. The van der Waals surface area contributed by atoms with Gasteiger partial charge in [-0.1, -0.05) is 0 Å². The van der Waals surface area contributed by atoms with Crippen LogP contribution in [0.15, 0.2) is 0 Å². The SMILES string of the molecule is CCOC(OCC)C(O)O. The van der Waals surface area contributed by atoms with Crippen molar-refractivity contribution in [3.05, 3.63) is 0 Å². The highest BCUT2D eigenvalue weighted by molar-refractivity contribution is 4.43. The molecule has 62 valence electrons. The van der Waals surface area contributed by atoms with Crippen molar-refractivity contribution < 1.29 is 19.7 Å². The van der Waals surface area contributed by atoms with Gasteiger partial charge in [0.05, 0.1) is 0 Å². The highest BCUT2D eigenvalue weighted by Gasteiger charge is 2.15. The Kier molecular flexibility index (Phi) is 5.52. The summed E-state index contributed by atoms with van der Waals surface area (Å²) in [6, 6.07) is 0. The minimum absolute atomic E-state index is 0.405. The molecule has 0 aliphatic carbocycles. The first-order valence-corrected chi connectivity index (χ1v) is 3.31. The summed E-state index contributed by atoms with van der Waals surface area (Å²) in [4.78, 5) is 0. The zero-order valence-electron chi connectivity index (χ0n) is 6.28. The lowest BCUT2D eigenvalue weighted by molar-refractivity contribution is -0.250. The van der Waals surface area contributed by atoms with Gasteiger partial charge in [-0.2, -0.15) is 0 Å². The Morgan fingerprint density at radius 2 is 1.50 bits per heavy atom. The number of ether oxygens (including phenoxy) is 2. The molecule has 0 aromatic heterocycles. The van der Waals surface area contributed by atoms with Gasteiger partial charge in [-0.15, -0.1) is 0 Å². The Hall–Kier alpha value is -0.160. The number of rotatable bonds is 5. The van der Waals surface area contributed by atoms with Crippen molar-refractivity contribution in [2.24, 2.45) is 0 Å². The second-order valence-electron chi connectivity index (χ2n) is 1.69. The Bertz CT molecular complexity index is 68.1. The topological polar surface area (TPSA) is 58.9 Å². The van der Waals surface area contributed by atoms with Crippen molar-refractivity contribution in [3.63, 3.8) is 0 Å². The molecule has 0 heterocycles. The van der Waals surface area contributed by atoms with E-state index in [1.165, 1.54) is 0 Å². The molecule has 0 unspecified atom stereocenters. The summed E-state index contributed by atoms with van der Waals surface area (Å²) in [6.07, 6.45) is -2.46. The molecule has 0 saturated heterocycles. The van der Waals surface area contributed by atoms with Crippen LogP contribution in [0.1, 0.15) is 13.8 Å². The summed E-state index contributed by atoms with van der Waals surface area (Å²) in [7, 11) is 0. The molecule has 0 aliphatic heterocycles. The molecule has 10 heavy (non-hydrogen) atoms. The number of aliphatic hydroxyl groups excluding tert-OH is 1. The molecule has 0 fully saturated rings. The largest absolute Gasteiger partial charge is 0.364 e. The maximum atomic E-state index is 8.58. The fourth-order valence-electron chi connectivity index (χ4n) is 0.549. The van der Waals surface area contributed by atoms with Gasteiger partial charge in [-0.05, 0) is 13.8 Å². The fraction of sp³-hybridized carbons (Fsp3) is 1.00. The third-order valence-electron chi connectivity index (χ3n) is 0.905. The average Bonchev–Trinajstić information content (AvgIpc) is 1.87. The molecule has 4 heteroatoms. The van der Waals surface area contributed by atoms with E-state index in [-0.39, 0.29) is 0 Å². The number of aliphatic hydroxyl groups is 2. The molecule has 0 aromatic rings. The van der Waals surface area contributed by atoms with E-state index in [9.17, 15) is 0 Å². The minimum atomic E-state index is -1.56. The third-order valence-corrected chi connectivity index (χ3v) is 0.905. The van der Waals surface area contributed by atoms with E-state index in [2.05, 4.69) is 0 Å². The fourth-order valence-corrected chi connectivity index (χ4v) is 0.549. The predicted octanol–water partition coefficient (Wildman–Crippen LogP) is -0.304. The summed E-state index contributed by atoms with van der Waals surface area (Å²) >= 11 is 0. The van der Waals surface area contributed by atoms with Gasteiger partial charge in [0.1, 0.15) is 0 Å². The maximum Gasteiger partial charge on any atom is 0.209 e. The molecule has 2 N–H and O–H groups in total. The van der Waals surface area contributed by atoms with E-state index in [1.807, 2.05) is 0 Å². The predicted molar refractivity (Wildman–Crippen MR) is 35.3 cm³/mol. The second kappa shape index (κ2) is 5.61. The Morgan fingerprint density at radius 1 is 1.10 bits per heavy atom. The van der Waals surface area contributed by atoms with E-state index < -0.39 is 12.6 Å². The third kappa shape index (κ3) is 3.79. The average molecular weight is 150 g/mol. The molecule has 0 aliphatic rings. The monoisotopic (exact) mass is 150 g/mol. The van der Waals surface area contributed by atoms with Crippen LogP contribution in [0, 0.1) is 0 Å². The van der Waals surface area contributed by atoms with Crippen molar-refractivity contribution in [1.82, 2.24) is 0 Å². The Morgan fingerprint density at radius 3 is 1.70 bits per heavy atom. The van der Waals surface area contributed by atoms with Crippen molar-refractivity contribution in [1.29, 1.82) is 0 Å². The van der Waals surface area contributed by atoms with Gasteiger partial charge >= 0.3 is 0 Å². The highest BCUT2D eigenvalue weighted by atomic mass is 16.7. The van der Waals surface area contributed by atoms with Gasteiger partial charge in [0, 0.05) is 13.2 Å². The quantitative estimate of drug-likeness (QED) is 0.528. The summed E-state index contributed by atoms with van der Waals surface area (Å²) in [5.41, 5.74) is 0. The summed E-state index contributed by atoms with van der Waals surface area (Å²) in [6.45, 7) is 4.33. The first-order chi connectivity index (χ1) is 4.72. The van der Waals surface area contributed by atoms with Crippen molar-refractivity contribution in [2.75, 3.05) is 13.2 Å². The van der Waals surface area contributed by atoms with Crippen LogP contribution in [0.4, 0.5) is 0 Å². The maximum absolute atomic E-state index is 8.58. The molecule has 0 rings (SSSR count). The second-order valence-corrected chi connectivity index (χ2v) is 1.69. The molecule has 0 atom stereocenters. The summed E-state index contributed by atoms with van der Waals surface area (Å²) < 4.78 is 9.64. The highest BCUT2D eigenvalue weighted by Crippen LogP contribution is 1.98. The molecular formula is C6H14O4. The lowest BCUT2D eigenvalue weighted by Gasteiger charge is -2.17. The molecule has 0 spiro atoms. The van der Waals surface area contributed by atoms with Crippen molar-refractivity contribution in [2.45, 2.75) is 26.4 Å². The van der Waals surface area contributed by atoms with Crippen LogP contribution in [0.25, 0.3) is 0 Å². The lowest BCUT2D eigenvalue weighted by atomic mass is 10.6. The standard InChI is InChI=1S/C6H14O4/c1-3-9-6(5(7)8)10-4-2/h5-8H,3-4H2,1-2H3. The minimum Gasteiger partial charge on any atom is -0.364 e. The van der Waals surface area contributed by atoms with Crippen LogP contribution in [0.2, 0.25) is 0 Å². The van der Waals surface area contributed by atoms with E-state index in [0.29, 0.717) is 13.2 Å². The number of hydrogen-bond donors (Lipinski definition) is 2. The Balaban J connectivity index is 3.50. The molecular weight excluding hydrogens is 136 g/mol. The van der Waals surface area contributed by atoms with Gasteiger partial charge in [-0.25, -0.2) is 0 Å². The van der Waals surface area contributed by atoms with Crippen molar-refractivity contribution in [3.8, 4) is 0 Å². The van der Waals surface area contributed by atoms with E-state index in [1.54, 1.807) is 13.8 Å². The molecule has 4 nitrogen and oxygen atoms in total. The van der Waals surface area contributed by atoms with E-state index in [0.717, 1.165) is 0 Å². The lowest BCUT2D eigenvalue weighted by Crippen LogP contribution is -2.31. The van der Waals surface area contributed by atoms with Crippen LogP contribution < -0.4 is 0 Å². The Labute approximate surface area is 60.4 Å². The number of hydrogen-bond acceptors (Lipinski definition) is 4. The summed E-state index contributed by atoms with van der Waals surface area (Å²) in [5.74, 6) is 0. The van der Waals surface area contributed by atoms with Crippen molar-refractivity contribution >= 4 is 0 Å². The van der Waals surface area contributed by atoms with E-state index >= 15 is 0 Å². The molecule has 0 radical (unpaired) electrons. The van der Waals surface area contributed by atoms with Gasteiger partial charge in [-0.3, -0.25) is 0 Å². The molecule has 0 amide bonds. The van der Waals surface area contributed by atoms with Gasteiger partial charge in [0.25, 0.3) is 0 Å². The van der Waals surface area contributed by atoms with Crippen LogP contribution in [0.5, 0.6) is 0 Å². The van der Waals surface area contributed by atoms with Crippen LogP contribution in [-0.2, 0) is 9.47 Å². The zero-order chi connectivity index (χ0) is 7.98. The first kappa shape index (κ1) is 9.84. The first-order valence-electron chi connectivity index (χ1n) is 3.31. The zero-order valence-corrected chi connectivity index (χ0v) is 6.28. The van der Waals surface area contributed by atoms with Gasteiger partial charge < -0.3 is 19.7 Å².